The smallest absolute Gasteiger partial charge is 0.337 e. The van der Waals surface area contributed by atoms with E-state index in [0.29, 0.717) is 36.4 Å². The summed E-state index contributed by atoms with van der Waals surface area (Å²) >= 11 is 0. The summed E-state index contributed by atoms with van der Waals surface area (Å²) in [5, 5.41) is 20.1. The van der Waals surface area contributed by atoms with Crippen molar-refractivity contribution in [2.24, 2.45) is 5.92 Å². The minimum absolute atomic E-state index is 0.00104. The summed E-state index contributed by atoms with van der Waals surface area (Å²) in [4.78, 5) is 38.2. The number of likely N-dealkylation sites (tertiary alicyclic amines) is 1. The second-order valence-corrected chi connectivity index (χ2v) is 8.29. The number of phenolic OH excluding ortho intramolecular Hbond substituents is 1. The van der Waals surface area contributed by atoms with Gasteiger partial charge in [-0.1, -0.05) is 0 Å². The molecule has 1 aliphatic rings. The van der Waals surface area contributed by atoms with Crippen LogP contribution in [-0.2, 0) is 16.1 Å². The van der Waals surface area contributed by atoms with Crippen molar-refractivity contribution in [3.05, 3.63) is 63.5 Å². The van der Waals surface area contributed by atoms with Crippen LogP contribution in [0.1, 0.15) is 34.5 Å². The molecule has 1 aliphatic heterocycles. The molecule has 0 radical (unpaired) electrons. The van der Waals surface area contributed by atoms with Crippen molar-refractivity contribution >= 4 is 22.9 Å². The van der Waals surface area contributed by atoms with Crippen LogP contribution in [0.3, 0.4) is 0 Å². The Morgan fingerprint density at radius 2 is 1.91 bits per heavy atom. The van der Waals surface area contributed by atoms with Gasteiger partial charge in [0.15, 0.2) is 0 Å². The first-order valence-electron chi connectivity index (χ1n) is 10.9. The molecule has 9 nitrogen and oxygen atoms in total. The Labute approximate surface area is 195 Å². The first-order valence-corrected chi connectivity index (χ1v) is 10.9. The third-order valence-corrected chi connectivity index (χ3v) is 5.99. The number of hydrogen-bond donors (Lipinski definition) is 2. The third-order valence-electron chi connectivity index (χ3n) is 5.99. The standard InChI is InChI=1S/C25H25NO8/c1-14-22(34-17-7-5-15(6-8-17)25(31)32-2)21(28)18-9-10-20(27)19(23(18)33-14)13-26-11-3-4-16(12-26)24(29)30/h5-10,16,27H,3-4,11-13H2,1-2H3,(H,29,30)/t16-/m1/s1. The number of piperidine rings is 1. The van der Waals surface area contributed by atoms with Crippen LogP contribution < -0.4 is 10.2 Å². The molecule has 178 valence electrons. The molecule has 1 atom stereocenters. The molecule has 0 bridgehead atoms. The number of hydrogen-bond acceptors (Lipinski definition) is 8. The molecule has 34 heavy (non-hydrogen) atoms. The topological polar surface area (TPSA) is 127 Å². The molecule has 0 unspecified atom stereocenters. The molecular weight excluding hydrogens is 442 g/mol. The number of aryl methyl sites for hydroxylation is 1. The molecule has 1 aromatic heterocycles. The summed E-state index contributed by atoms with van der Waals surface area (Å²) in [5.74, 6) is -1.25. The van der Waals surface area contributed by atoms with Crippen LogP contribution in [0, 0.1) is 12.8 Å². The van der Waals surface area contributed by atoms with E-state index in [0.717, 1.165) is 6.42 Å². The number of carbonyl (C=O) groups is 2. The van der Waals surface area contributed by atoms with Gasteiger partial charge in [0.2, 0.25) is 11.2 Å². The van der Waals surface area contributed by atoms with Gasteiger partial charge in [0.05, 0.1) is 29.5 Å². The van der Waals surface area contributed by atoms with Gasteiger partial charge in [0.1, 0.15) is 22.8 Å². The number of rotatable bonds is 6. The fourth-order valence-corrected chi connectivity index (χ4v) is 4.18. The molecule has 0 spiro atoms. The lowest BCUT2D eigenvalue weighted by molar-refractivity contribution is -0.143. The zero-order valence-electron chi connectivity index (χ0n) is 18.9. The second kappa shape index (κ2) is 9.56. The van der Waals surface area contributed by atoms with Crippen LogP contribution in [0.4, 0.5) is 0 Å². The molecule has 1 saturated heterocycles. The van der Waals surface area contributed by atoms with Crippen LogP contribution in [0.2, 0.25) is 0 Å². The van der Waals surface area contributed by atoms with E-state index in [1.54, 1.807) is 19.1 Å². The lowest BCUT2D eigenvalue weighted by atomic mass is 9.97. The van der Waals surface area contributed by atoms with E-state index in [-0.39, 0.29) is 34.8 Å². The average Bonchev–Trinajstić information content (AvgIpc) is 2.83. The van der Waals surface area contributed by atoms with Crippen LogP contribution in [-0.4, -0.2) is 47.3 Å². The molecule has 2 N–H and O–H groups in total. The number of benzene rings is 2. The van der Waals surface area contributed by atoms with Crippen LogP contribution in [0.5, 0.6) is 17.2 Å². The van der Waals surface area contributed by atoms with Crippen molar-refractivity contribution in [2.75, 3.05) is 20.2 Å². The summed E-state index contributed by atoms with van der Waals surface area (Å²) in [7, 11) is 1.29. The number of methoxy groups -OCH3 is 1. The van der Waals surface area contributed by atoms with Crippen molar-refractivity contribution in [3.63, 3.8) is 0 Å². The number of phenols is 1. The molecule has 0 amide bonds. The Hall–Kier alpha value is -3.85. The predicted molar refractivity (Wildman–Crippen MR) is 122 cm³/mol. The van der Waals surface area contributed by atoms with Gasteiger partial charge in [-0.2, -0.15) is 0 Å². The number of ether oxygens (including phenoxy) is 2. The Kier molecular flexibility index (Phi) is 6.56. The third kappa shape index (κ3) is 4.60. The Bertz CT molecular complexity index is 1290. The van der Waals surface area contributed by atoms with Gasteiger partial charge in [-0.25, -0.2) is 4.79 Å². The van der Waals surface area contributed by atoms with Crippen LogP contribution in [0.15, 0.2) is 45.6 Å². The number of aliphatic carboxylic acids is 1. The fraction of sp³-hybridized carbons (Fsp3) is 0.320. The number of nitrogens with zero attached hydrogens (tertiary/aromatic N) is 1. The van der Waals surface area contributed by atoms with Gasteiger partial charge >= 0.3 is 11.9 Å². The fourth-order valence-electron chi connectivity index (χ4n) is 4.18. The van der Waals surface area contributed by atoms with Crippen molar-refractivity contribution in [1.29, 1.82) is 0 Å². The highest BCUT2D eigenvalue weighted by atomic mass is 16.5. The number of carboxylic acid groups (broad SMARTS) is 1. The van der Waals surface area contributed by atoms with E-state index in [9.17, 15) is 24.6 Å². The first-order chi connectivity index (χ1) is 16.3. The molecule has 2 heterocycles. The summed E-state index contributed by atoms with van der Waals surface area (Å²) in [6, 6.07) is 9.05. The highest BCUT2D eigenvalue weighted by Gasteiger charge is 2.27. The molecule has 1 fully saturated rings. The normalized spacial score (nSPS) is 16.4. The predicted octanol–water partition coefficient (Wildman–Crippen LogP) is 3.68. The highest BCUT2D eigenvalue weighted by molar-refractivity contribution is 5.89. The summed E-state index contributed by atoms with van der Waals surface area (Å²) in [6.07, 6.45) is 1.35. The van der Waals surface area contributed by atoms with Gasteiger partial charge in [-0.3, -0.25) is 14.5 Å². The maximum atomic E-state index is 13.2. The van der Waals surface area contributed by atoms with E-state index in [2.05, 4.69) is 4.74 Å². The minimum atomic E-state index is -0.837. The molecule has 3 aromatic rings. The van der Waals surface area contributed by atoms with Gasteiger partial charge < -0.3 is 24.1 Å². The molecule has 0 aliphatic carbocycles. The Morgan fingerprint density at radius 1 is 1.18 bits per heavy atom. The minimum Gasteiger partial charge on any atom is -0.507 e. The number of fused-ring (bicyclic) bond motifs is 1. The monoisotopic (exact) mass is 467 g/mol. The summed E-state index contributed by atoms with van der Waals surface area (Å²) in [5.41, 5.74) is 0.616. The van der Waals surface area contributed by atoms with Gasteiger partial charge in [0.25, 0.3) is 0 Å². The maximum Gasteiger partial charge on any atom is 0.337 e. The van der Waals surface area contributed by atoms with E-state index in [1.165, 1.54) is 31.4 Å². The largest absolute Gasteiger partial charge is 0.507 e. The summed E-state index contributed by atoms with van der Waals surface area (Å²) in [6.45, 7) is 2.89. The van der Waals surface area contributed by atoms with E-state index >= 15 is 0 Å². The molecule has 4 rings (SSSR count). The highest BCUT2D eigenvalue weighted by Crippen LogP contribution is 2.32. The van der Waals surface area contributed by atoms with Gasteiger partial charge in [-0.05, 0) is 62.7 Å². The van der Waals surface area contributed by atoms with Gasteiger partial charge in [-0.15, -0.1) is 0 Å². The number of aromatic hydroxyl groups is 1. The first kappa shape index (κ1) is 23.3. The van der Waals surface area contributed by atoms with Crippen LogP contribution >= 0.6 is 0 Å². The van der Waals surface area contributed by atoms with E-state index in [4.69, 9.17) is 9.15 Å². The molecule has 2 aromatic carbocycles. The van der Waals surface area contributed by atoms with Crippen molar-refractivity contribution < 1.29 is 33.7 Å². The van der Waals surface area contributed by atoms with Crippen molar-refractivity contribution in [3.8, 4) is 17.2 Å². The lowest BCUT2D eigenvalue weighted by Gasteiger charge is -2.30. The molecule has 0 saturated carbocycles. The average molecular weight is 467 g/mol. The zero-order valence-corrected chi connectivity index (χ0v) is 18.9. The van der Waals surface area contributed by atoms with E-state index in [1.807, 2.05) is 4.90 Å². The van der Waals surface area contributed by atoms with Crippen molar-refractivity contribution in [1.82, 2.24) is 4.90 Å². The Morgan fingerprint density at radius 3 is 2.59 bits per heavy atom. The number of carboxylic acids is 1. The quantitative estimate of drug-likeness (QED) is 0.522. The Balaban J connectivity index is 1.66. The summed E-state index contributed by atoms with van der Waals surface area (Å²) < 4.78 is 16.4. The van der Waals surface area contributed by atoms with Crippen LogP contribution in [0.25, 0.3) is 11.0 Å². The second-order valence-electron chi connectivity index (χ2n) is 8.29. The SMILES string of the molecule is COC(=O)c1ccc(Oc2c(C)oc3c(CN4CCC[C@@H](C(=O)O)C4)c(O)ccc3c2=O)cc1. The molecule has 9 heteroatoms. The maximum absolute atomic E-state index is 13.2. The zero-order chi connectivity index (χ0) is 24.4. The van der Waals surface area contributed by atoms with Crippen molar-refractivity contribution in [2.45, 2.75) is 26.3 Å². The lowest BCUT2D eigenvalue weighted by Crippen LogP contribution is -2.38. The van der Waals surface area contributed by atoms with E-state index < -0.39 is 23.3 Å². The number of carbonyl (C=O) groups excluding carboxylic acids is 1. The number of esters is 1. The van der Waals surface area contributed by atoms with Gasteiger partial charge in [0, 0.05) is 13.1 Å². The molecular formula is C25H25NO8.